The quantitative estimate of drug-likeness (QED) is 0.692. The Kier molecular flexibility index (Phi) is 2.97. The number of aromatic nitrogens is 2. The number of benzene rings is 1. The molecular weight excluding hydrogens is 314 g/mol. The highest BCUT2D eigenvalue weighted by atomic mass is 79.9. The maximum Gasteiger partial charge on any atom is 0.323 e. The monoisotopic (exact) mass is 323 g/mol. The topological polar surface area (TPSA) is 60.7 Å². The van der Waals surface area contributed by atoms with Gasteiger partial charge in [-0.2, -0.15) is 0 Å². The summed E-state index contributed by atoms with van der Waals surface area (Å²) in [7, 11) is 0. The minimum Gasteiger partial charge on any atom is -0.379 e. The molecule has 0 aliphatic carbocycles. The summed E-state index contributed by atoms with van der Waals surface area (Å²) in [4.78, 5) is 18.0. The van der Waals surface area contributed by atoms with Gasteiger partial charge in [-0.1, -0.05) is 6.07 Å². The fraction of sp³-hybridized carbons (Fsp3) is 0.0833. The molecule has 2 aromatic heterocycles. The summed E-state index contributed by atoms with van der Waals surface area (Å²) >= 11 is 5.21. The van der Waals surface area contributed by atoms with Crippen LogP contribution in [0.4, 0.5) is 5.69 Å². The Labute approximate surface area is 115 Å². The number of hydrogen-bond donors (Lipinski definition) is 3. The molecule has 0 amide bonds. The molecule has 0 aliphatic rings. The molecule has 18 heavy (non-hydrogen) atoms. The van der Waals surface area contributed by atoms with E-state index in [4.69, 9.17) is 0 Å². The molecule has 0 saturated carbocycles. The number of rotatable bonds is 3. The van der Waals surface area contributed by atoms with Gasteiger partial charge in [0.2, 0.25) is 0 Å². The van der Waals surface area contributed by atoms with Gasteiger partial charge in [-0.15, -0.1) is 11.3 Å². The molecule has 0 radical (unpaired) electrons. The second-order valence-electron chi connectivity index (χ2n) is 3.89. The van der Waals surface area contributed by atoms with Crippen LogP contribution in [-0.2, 0) is 6.54 Å². The number of halogens is 1. The van der Waals surface area contributed by atoms with Crippen molar-refractivity contribution in [1.82, 2.24) is 9.97 Å². The van der Waals surface area contributed by atoms with Crippen molar-refractivity contribution in [2.45, 2.75) is 6.54 Å². The Morgan fingerprint density at radius 2 is 2.06 bits per heavy atom. The molecule has 0 atom stereocenters. The number of thiophene rings is 1. The lowest BCUT2D eigenvalue weighted by Gasteiger charge is -2.07. The Hall–Kier alpha value is -1.53. The number of nitrogens with one attached hydrogen (secondary N) is 3. The minimum atomic E-state index is -0.188. The lowest BCUT2D eigenvalue weighted by molar-refractivity contribution is 1.19. The van der Waals surface area contributed by atoms with E-state index in [0.717, 1.165) is 27.7 Å². The van der Waals surface area contributed by atoms with Gasteiger partial charge in [-0.25, -0.2) is 4.79 Å². The van der Waals surface area contributed by atoms with Gasteiger partial charge >= 0.3 is 5.69 Å². The van der Waals surface area contributed by atoms with Crippen molar-refractivity contribution in [1.29, 1.82) is 0 Å². The third kappa shape index (κ3) is 2.21. The molecule has 3 aromatic rings. The Morgan fingerprint density at radius 3 is 2.78 bits per heavy atom. The highest BCUT2D eigenvalue weighted by Gasteiger charge is 2.05. The fourth-order valence-electron chi connectivity index (χ4n) is 1.79. The van der Waals surface area contributed by atoms with E-state index in [-0.39, 0.29) is 5.69 Å². The average Bonchev–Trinajstić information content (AvgIpc) is 2.94. The zero-order chi connectivity index (χ0) is 12.5. The van der Waals surface area contributed by atoms with E-state index in [9.17, 15) is 4.79 Å². The summed E-state index contributed by atoms with van der Waals surface area (Å²) in [6, 6.07) is 7.93. The minimum absolute atomic E-state index is 0.188. The van der Waals surface area contributed by atoms with Crippen LogP contribution in [0.25, 0.3) is 11.0 Å². The third-order valence-electron chi connectivity index (χ3n) is 2.64. The third-order valence-corrected chi connectivity index (χ3v) is 4.17. The summed E-state index contributed by atoms with van der Waals surface area (Å²) < 4.78 is 0.932. The standard InChI is InChI=1S/C12H10BrN3OS/c13-8-4-10-11(16-12(17)15-10)5-9(8)14-6-7-2-1-3-18-7/h1-5,14H,6H2,(H2,15,16,17). The number of hydrogen-bond acceptors (Lipinski definition) is 3. The number of aromatic amines is 2. The molecule has 3 rings (SSSR count). The van der Waals surface area contributed by atoms with Gasteiger partial charge in [0.25, 0.3) is 0 Å². The second-order valence-corrected chi connectivity index (χ2v) is 5.78. The Bertz CT molecular complexity index is 729. The molecule has 92 valence electrons. The van der Waals surface area contributed by atoms with Crippen molar-refractivity contribution >= 4 is 44.0 Å². The fourth-order valence-corrected chi connectivity index (χ4v) is 2.92. The van der Waals surface area contributed by atoms with Gasteiger partial charge in [0.05, 0.1) is 16.7 Å². The summed E-state index contributed by atoms with van der Waals surface area (Å²) in [6.07, 6.45) is 0. The van der Waals surface area contributed by atoms with Crippen LogP contribution < -0.4 is 11.0 Å². The molecule has 2 heterocycles. The predicted octanol–water partition coefficient (Wildman–Crippen LogP) is 3.29. The van der Waals surface area contributed by atoms with E-state index >= 15 is 0 Å². The van der Waals surface area contributed by atoms with Gasteiger partial charge in [0.15, 0.2) is 0 Å². The molecule has 3 N–H and O–H groups in total. The van der Waals surface area contributed by atoms with Gasteiger partial charge in [0.1, 0.15) is 0 Å². The lowest BCUT2D eigenvalue weighted by Crippen LogP contribution is -1.99. The first-order chi connectivity index (χ1) is 8.72. The maximum absolute atomic E-state index is 11.2. The number of imidazole rings is 1. The molecule has 1 aromatic carbocycles. The summed E-state index contributed by atoms with van der Waals surface area (Å²) in [6.45, 7) is 0.774. The summed E-state index contributed by atoms with van der Waals surface area (Å²) in [5, 5.41) is 5.40. The Morgan fingerprint density at radius 1 is 1.28 bits per heavy atom. The van der Waals surface area contributed by atoms with E-state index in [1.54, 1.807) is 11.3 Å². The number of fused-ring (bicyclic) bond motifs is 1. The van der Waals surface area contributed by atoms with E-state index in [2.05, 4.69) is 42.7 Å². The molecule has 0 aliphatic heterocycles. The summed E-state index contributed by atoms with van der Waals surface area (Å²) in [5.41, 5.74) is 2.38. The van der Waals surface area contributed by atoms with E-state index < -0.39 is 0 Å². The molecule has 0 saturated heterocycles. The molecular formula is C12H10BrN3OS. The normalized spacial score (nSPS) is 10.9. The van der Waals surface area contributed by atoms with Crippen molar-refractivity contribution in [3.63, 3.8) is 0 Å². The number of anilines is 1. The van der Waals surface area contributed by atoms with Crippen LogP contribution in [0.1, 0.15) is 4.88 Å². The van der Waals surface area contributed by atoms with Crippen molar-refractivity contribution in [3.8, 4) is 0 Å². The van der Waals surface area contributed by atoms with E-state index in [0.29, 0.717) is 0 Å². The largest absolute Gasteiger partial charge is 0.379 e. The van der Waals surface area contributed by atoms with Gasteiger partial charge in [-0.05, 0) is 39.5 Å². The highest BCUT2D eigenvalue weighted by Crippen LogP contribution is 2.27. The first-order valence-electron chi connectivity index (χ1n) is 5.40. The SMILES string of the molecule is O=c1[nH]c2cc(Br)c(NCc3cccs3)cc2[nH]1. The van der Waals surface area contributed by atoms with Crippen LogP contribution in [0.5, 0.6) is 0 Å². The molecule has 0 bridgehead atoms. The van der Waals surface area contributed by atoms with Gasteiger partial charge < -0.3 is 15.3 Å². The van der Waals surface area contributed by atoms with Gasteiger partial charge in [0, 0.05) is 15.9 Å². The van der Waals surface area contributed by atoms with Crippen molar-refractivity contribution < 1.29 is 0 Å². The second kappa shape index (κ2) is 4.62. The van der Waals surface area contributed by atoms with E-state index in [1.807, 2.05) is 18.2 Å². The average molecular weight is 324 g/mol. The van der Waals surface area contributed by atoms with Crippen molar-refractivity contribution in [2.75, 3.05) is 5.32 Å². The van der Waals surface area contributed by atoms with Crippen LogP contribution in [0, 0.1) is 0 Å². The van der Waals surface area contributed by atoms with Crippen molar-refractivity contribution in [2.24, 2.45) is 0 Å². The highest BCUT2D eigenvalue weighted by molar-refractivity contribution is 9.10. The first kappa shape index (κ1) is 11.6. The molecule has 0 unspecified atom stereocenters. The first-order valence-corrected chi connectivity index (χ1v) is 7.07. The summed E-state index contributed by atoms with van der Waals surface area (Å²) in [5.74, 6) is 0. The van der Waals surface area contributed by atoms with E-state index in [1.165, 1.54) is 4.88 Å². The maximum atomic E-state index is 11.2. The van der Waals surface area contributed by atoms with Crippen LogP contribution in [0.2, 0.25) is 0 Å². The molecule has 0 fully saturated rings. The van der Waals surface area contributed by atoms with Crippen LogP contribution in [0.3, 0.4) is 0 Å². The number of H-pyrrole nitrogens is 2. The van der Waals surface area contributed by atoms with Gasteiger partial charge in [-0.3, -0.25) is 0 Å². The molecule has 0 spiro atoms. The lowest BCUT2D eigenvalue weighted by atomic mass is 10.2. The van der Waals surface area contributed by atoms with Crippen LogP contribution in [-0.4, -0.2) is 9.97 Å². The zero-order valence-corrected chi connectivity index (χ0v) is 11.7. The molecule has 4 nitrogen and oxygen atoms in total. The van der Waals surface area contributed by atoms with Crippen LogP contribution >= 0.6 is 27.3 Å². The molecule has 6 heteroatoms. The van der Waals surface area contributed by atoms with Crippen LogP contribution in [0.15, 0.2) is 38.9 Å². The predicted molar refractivity (Wildman–Crippen MR) is 78.3 cm³/mol. The smallest absolute Gasteiger partial charge is 0.323 e. The Balaban J connectivity index is 1.91. The van der Waals surface area contributed by atoms with Crippen molar-refractivity contribution in [3.05, 3.63) is 49.5 Å². The zero-order valence-electron chi connectivity index (χ0n) is 9.29.